The number of amides is 1. The number of carbonyl (C=O) groups excluding carboxylic acids is 1. The molecular formula is C16H23NO4S. The highest BCUT2D eigenvalue weighted by Crippen LogP contribution is 2.21. The molecule has 0 saturated carbocycles. The fourth-order valence-corrected chi connectivity index (χ4v) is 3.00. The molecule has 1 aromatic carbocycles. The molecule has 1 fully saturated rings. The van der Waals surface area contributed by atoms with E-state index in [1.807, 2.05) is 24.3 Å². The Morgan fingerprint density at radius 1 is 1.50 bits per heavy atom. The number of carbonyl (C=O) groups is 1. The number of thioether (sulfide) groups is 1. The van der Waals surface area contributed by atoms with Crippen molar-refractivity contribution in [2.45, 2.75) is 36.9 Å². The molecule has 122 valence electrons. The average Bonchev–Trinajstić information content (AvgIpc) is 2.99. The molecule has 1 aliphatic heterocycles. The van der Waals surface area contributed by atoms with Gasteiger partial charge in [-0.3, -0.25) is 4.79 Å². The highest BCUT2D eigenvalue weighted by molar-refractivity contribution is 7.99. The third-order valence-electron chi connectivity index (χ3n) is 3.26. The summed E-state index contributed by atoms with van der Waals surface area (Å²) in [6, 6.07) is 7.56. The predicted octanol–water partition coefficient (Wildman–Crippen LogP) is 2.29. The maximum absolute atomic E-state index is 10.9. The molecule has 6 heteroatoms. The molecule has 2 N–H and O–H groups in total. The second kappa shape index (κ2) is 9.15. The van der Waals surface area contributed by atoms with Crippen molar-refractivity contribution in [2.24, 2.45) is 0 Å². The largest absolute Gasteiger partial charge is 0.390 e. The maximum Gasteiger partial charge on any atom is 0.221 e. The smallest absolute Gasteiger partial charge is 0.221 e. The standard InChI is InChI=1S/C16H23NO4S/c1-12(18)17-13-4-6-16(7-5-13)22-11-14(19)9-20-10-15-3-2-8-21-15/h4-7,14-15,19H,2-3,8-11H2,1H3,(H,17,18)/t14-,15+/m0/s1. The molecule has 5 nitrogen and oxygen atoms in total. The lowest BCUT2D eigenvalue weighted by molar-refractivity contribution is -0.114. The number of aliphatic hydroxyl groups excluding tert-OH is 1. The van der Waals surface area contributed by atoms with Gasteiger partial charge in [-0.15, -0.1) is 11.8 Å². The molecule has 0 spiro atoms. The van der Waals surface area contributed by atoms with E-state index in [2.05, 4.69) is 5.32 Å². The molecule has 0 aromatic heterocycles. The third kappa shape index (κ3) is 6.36. The van der Waals surface area contributed by atoms with Gasteiger partial charge in [0.25, 0.3) is 0 Å². The molecule has 0 unspecified atom stereocenters. The van der Waals surface area contributed by atoms with Crippen molar-refractivity contribution in [1.82, 2.24) is 0 Å². The van der Waals surface area contributed by atoms with Gasteiger partial charge in [0.2, 0.25) is 5.91 Å². The summed E-state index contributed by atoms with van der Waals surface area (Å²) in [7, 11) is 0. The summed E-state index contributed by atoms with van der Waals surface area (Å²) in [6.45, 7) is 3.19. The van der Waals surface area contributed by atoms with Gasteiger partial charge < -0.3 is 19.9 Å². The van der Waals surface area contributed by atoms with E-state index in [1.54, 1.807) is 11.8 Å². The Labute approximate surface area is 135 Å². The van der Waals surface area contributed by atoms with Crippen molar-refractivity contribution < 1.29 is 19.4 Å². The van der Waals surface area contributed by atoms with Crippen molar-refractivity contribution in [3.05, 3.63) is 24.3 Å². The van der Waals surface area contributed by atoms with Crippen LogP contribution in [0.3, 0.4) is 0 Å². The fraction of sp³-hybridized carbons (Fsp3) is 0.562. The van der Waals surface area contributed by atoms with Gasteiger partial charge in [0.1, 0.15) is 0 Å². The Balaban J connectivity index is 1.62. The van der Waals surface area contributed by atoms with Gasteiger partial charge in [-0.05, 0) is 37.1 Å². The first-order valence-corrected chi connectivity index (χ1v) is 8.50. The van der Waals surface area contributed by atoms with E-state index in [9.17, 15) is 9.90 Å². The summed E-state index contributed by atoms with van der Waals surface area (Å²) >= 11 is 1.56. The molecule has 1 aromatic rings. The van der Waals surface area contributed by atoms with E-state index in [1.165, 1.54) is 6.92 Å². The van der Waals surface area contributed by atoms with Gasteiger partial charge in [0.15, 0.2) is 0 Å². The summed E-state index contributed by atoms with van der Waals surface area (Å²) in [4.78, 5) is 12.0. The monoisotopic (exact) mass is 325 g/mol. The zero-order chi connectivity index (χ0) is 15.8. The van der Waals surface area contributed by atoms with Crippen molar-refractivity contribution >= 4 is 23.4 Å². The van der Waals surface area contributed by atoms with Gasteiger partial charge in [0, 0.05) is 29.9 Å². The molecule has 1 aliphatic rings. The van der Waals surface area contributed by atoms with Crippen LogP contribution in [0, 0.1) is 0 Å². The molecule has 2 rings (SSSR count). The highest BCUT2D eigenvalue weighted by atomic mass is 32.2. The second-order valence-corrected chi connectivity index (χ2v) is 6.44. The van der Waals surface area contributed by atoms with Crippen LogP contribution in [-0.2, 0) is 14.3 Å². The first-order chi connectivity index (χ1) is 10.6. The molecule has 0 aliphatic carbocycles. The van der Waals surface area contributed by atoms with Crippen LogP contribution in [0.5, 0.6) is 0 Å². The number of hydrogen-bond donors (Lipinski definition) is 2. The zero-order valence-electron chi connectivity index (χ0n) is 12.8. The number of nitrogens with one attached hydrogen (secondary N) is 1. The Morgan fingerprint density at radius 2 is 2.27 bits per heavy atom. The quantitative estimate of drug-likeness (QED) is 0.718. The lowest BCUT2D eigenvalue weighted by Crippen LogP contribution is -2.22. The van der Waals surface area contributed by atoms with Gasteiger partial charge in [0.05, 0.1) is 25.4 Å². The number of ether oxygens (including phenoxy) is 2. The van der Waals surface area contributed by atoms with E-state index in [-0.39, 0.29) is 12.0 Å². The SMILES string of the molecule is CC(=O)Nc1ccc(SC[C@@H](O)COC[C@H]2CCCO2)cc1. The van der Waals surface area contributed by atoms with E-state index in [0.29, 0.717) is 19.0 Å². The highest BCUT2D eigenvalue weighted by Gasteiger charge is 2.16. The minimum Gasteiger partial charge on any atom is -0.390 e. The molecule has 1 amide bonds. The molecule has 0 bridgehead atoms. The minimum absolute atomic E-state index is 0.0841. The van der Waals surface area contributed by atoms with Crippen molar-refractivity contribution in [3.8, 4) is 0 Å². The lowest BCUT2D eigenvalue weighted by Gasteiger charge is -2.14. The van der Waals surface area contributed by atoms with Crippen LogP contribution in [0.4, 0.5) is 5.69 Å². The Kier molecular flexibility index (Phi) is 7.18. The van der Waals surface area contributed by atoms with Crippen LogP contribution in [0.15, 0.2) is 29.2 Å². The average molecular weight is 325 g/mol. The number of aliphatic hydroxyl groups is 1. The van der Waals surface area contributed by atoms with E-state index >= 15 is 0 Å². The molecule has 1 heterocycles. The van der Waals surface area contributed by atoms with Crippen LogP contribution in [0.1, 0.15) is 19.8 Å². The fourth-order valence-electron chi connectivity index (χ4n) is 2.19. The first-order valence-electron chi connectivity index (χ1n) is 7.51. The van der Waals surface area contributed by atoms with Crippen LogP contribution < -0.4 is 5.32 Å². The lowest BCUT2D eigenvalue weighted by atomic mass is 10.2. The predicted molar refractivity (Wildman–Crippen MR) is 87.3 cm³/mol. The van der Waals surface area contributed by atoms with Crippen LogP contribution >= 0.6 is 11.8 Å². The van der Waals surface area contributed by atoms with Crippen LogP contribution in [-0.4, -0.2) is 48.8 Å². The minimum atomic E-state index is -0.499. The van der Waals surface area contributed by atoms with Gasteiger partial charge >= 0.3 is 0 Å². The third-order valence-corrected chi connectivity index (χ3v) is 4.41. The molecule has 1 saturated heterocycles. The molecular weight excluding hydrogens is 302 g/mol. The zero-order valence-corrected chi connectivity index (χ0v) is 13.6. The van der Waals surface area contributed by atoms with E-state index < -0.39 is 6.10 Å². The first kappa shape index (κ1) is 17.3. The van der Waals surface area contributed by atoms with E-state index in [0.717, 1.165) is 30.0 Å². The van der Waals surface area contributed by atoms with Crippen LogP contribution in [0.2, 0.25) is 0 Å². The number of anilines is 1. The summed E-state index contributed by atoms with van der Waals surface area (Å²) in [6.07, 6.45) is 1.84. The maximum atomic E-state index is 10.9. The Bertz CT molecular complexity index is 460. The summed E-state index contributed by atoms with van der Waals surface area (Å²) in [5, 5.41) is 12.6. The normalized spacial score (nSPS) is 19.1. The number of benzene rings is 1. The number of rotatable bonds is 8. The molecule has 0 radical (unpaired) electrons. The van der Waals surface area contributed by atoms with Crippen molar-refractivity contribution in [1.29, 1.82) is 0 Å². The molecule has 22 heavy (non-hydrogen) atoms. The summed E-state index contributed by atoms with van der Waals surface area (Å²) in [5.41, 5.74) is 0.775. The van der Waals surface area contributed by atoms with Crippen molar-refractivity contribution in [2.75, 3.05) is 30.9 Å². The molecule has 2 atom stereocenters. The number of hydrogen-bond acceptors (Lipinski definition) is 5. The van der Waals surface area contributed by atoms with E-state index in [4.69, 9.17) is 9.47 Å². The second-order valence-electron chi connectivity index (χ2n) is 5.34. The van der Waals surface area contributed by atoms with Gasteiger partial charge in [-0.25, -0.2) is 0 Å². The van der Waals surface area contributed by atoms with Gasteiger partial charge in [-0.2, -0.15) is 0 Å². The van der Waals surface area contributed by atoms with Crippen molar-refractivity contribution in [3.63, 3.8) is 0 Å². The van der Waals surface area contributed by atoms with Gasteiger partial charge in [-0.1, -0.05) is 0 Å². The Hall–Kier alpha value is -1.08. The Morgan fingerprint density at radius 3 is 2.91 bits per heavy atom. The van der Waals surface area contributed by atoms with Crippen LogP contribution in [0.25, 0.3) is 0 Å². The summed E-state index contributed by atoms with van der Waals surface area (Å²) < 4.78 is 11.0. The summed E-state index contributed by atoms with van der Waals surface area (Å²) in [5.74, 6) is 0.490. The topological polar surface area (TPSA) is 67.8 Å².